The van der Waals surface area contributed by atoms with Gasteiger partial charge in [0, 0.05) is 13.0 Å². The van der Waals surface area contributed by atoms with Gasteiger partial charge in [0.05, 0.1) is 0 Å². The van der Waals surface area contributed by atoms with Crippen molar-refractivity contribution in [1.82, 2.24) is 6.15 Å². The summed E-state index contributed by atoms with van der Waals surface area (Å²) >= 11 is 0. The predicted molar refractivity (Wildman–Crippen MR) is 30.1 cm³/mol. The van der Waals surface area contributed by atoms with E-state index in [-0.39, 0.29) is 50.2 Å². The molecule has 0 saturated carbocycles. The fourth-order valence-electron chi connectivity index (χ4n) is 0.230. The van der Waals surface area contributed by atoms with Crippen LogP contribution in [0.5, 0.6) is 0 Å². The first-order valence-corrected chi connectivity index (χ1v) is 2.10. The van der Waals surface area contributed by atoms with Gasteiger partial charge in [0.15, 0.2) is 0 Å². The SMILES string of the molecule is N.O=C(O)CCCO.[H-].[Na+]. The van der Waals surface area contributed by atoms with Gasteiger partial charge in [-0.3, -0.25) is 4.79 Å². The number of hydrogen-bond acceptors (Lipinski definition) is 3. The van der Waals surface area contributed by atoms with Gasteiger partial charge in [0.25, 0.3) is 0 Å². The van der Waals surface area contributed by atoms with Crippen molar-refractivity contribution < 1.29 is 46.0 Å². The molecule has 0 bridgehead atoms. The van der Waals surface area contributed by atoms with E-state index in [2.05, 4.69) is 0 Å². The van der Waals surface area contributed by atoms with Gasteiger partial charge in [-0.25, -0.2) is 0 Å². The summed E-state index contributed by atoms with van der Waals surface area (Å²) in [6.45, 7) is -0.0354. The summed E-state index contributed by atoms with van der Waals surface area (Å²) in [6, 6.07) is 0. The van der Waals surface area contributed by atoms with E-state index in [9.17, 15) is 4.79 Å². The summed E-state index contributed by atoms with van der Waals surface area (Å²) in [4.78, 5) is 9.65. The van der Waals surface area contributed by atoms with Crippen molar-refractivity contribution in [3.05, 3.63) is 0 Å². The van der Waals surface area contributed by atoms with Crippen LogP contribution in [0.2, 0.25) is 0 Å². The molecule has 5 N–H and O–H groups in total. The second-order valence-corrected chi connectivity index (χ2v) is 1.22. The molecule has 0 unspecified atom stereocenters. The zero-order valence-electron chi connectivity index (χ0n) is 6.63. The Hall–Kier alpha value is 0.390. The largest absolute Gasteiger partial charge is 1.00 e. The molecule has 0 amide bonds. The molecule has 0 aromatic heterocycles. The van der Waals surface area contributed by atoms with E-state index in [1.807, 2.05) is 0 Å². The van der Waals surface area contributed by atoms with E-state index < -0.39 is 5.97 Å². The van der Waals surface area contributed by atoms with Crippen molar-refractivity contribution >= 4 is 5.97 Å². The molecular formula is C4H12NNaO3. The molecule has 0 aromatic carbocycles. The molecule has 0 fully saturated rings. The molecule has 0 atom stereocenters. The summed E-state index contributed by atoms with van der Waals surface area (Å²) in [5, 5.41) is 16.0. The Morgan fingerprint density at radius 3 is 2.11 bits per heavy atom. The average Bonchev–Trinajstić information content (AvgIpc) is 1.61. The normalized spacial score (nSPS) is 6.78. The van der Waals surface area contributed by atoms with Gasteiger partial charge in [-0.05, 0) is 6.42 Å². The molecule has 5 heteroatoms. The van der Waals surface area contributed by atoms with Crippen LogP contribution in [0.15, 0.2) is 0 Å². The molecule has 0 spiro atoms. The zero-order valence-corrected chi connectivity index (χ0v) is 7.63. The van der Waals surface area contributed by atoms with Crippen LogP contribution in [0.3, 0.4) is 0 Å². The van der Waals surface area contributed by atoms with Crippen LogP contribution >= 0.6 is 0 Å². The first-order chi connectivity index (χ1) is 3.27. The van der Waals surface area contributed by atoms with E-state index in [4.69, 9.17) is 10.2 Å². The van der Waals surface area contributed by atoms with Crippen molar-refractivity contribution in [2.24, 2.45) is 0 Å². The minimum absolute atomic E-state index is 0. The maximum atomic E-state index is 9.65. The van der Waals surface area contributed by atoms with E-state index in [0.29, 0.717) is 6.42 Å². The topological polar surface area (TPSA) is 92.5 Å². The minimum Gasteiger partial charge on any atom is -1.00 e. The number of rotatable bonds is 3. The Morgan fingerprint density at radius 2 is 2.00 bits per heavy atom. The summed E-state index contributed by atoms with van der Waals surface area (Å²) < 4.78 is 0. The van der Waals surface area contributed by atoms with E-state index in [1.54, 1.807) is 0 Å². The van der Waals surface area contributed by atoms with Gasteiger partial charge in [0.1, 0.15) is 0 Å². The number of carbonyl (C=O) groups is 1. The van der Waals surface area contributed by atoms with Gasteiger partial charge < -0.3 is 17.8 Å². The molecule has 52 valence electrons. The molecule has 0 aromatic rings. The van der Waals surface area contributed by atoms with Crippen molar-refractivity contribution in [2.75, 3.05) is 6.61 Å². The summed E-state index contributed by atoms with van der Waals surface area (Å²) in [5.41, 5.74) is 0. The van der Waals surface area contributed by atoms with Gasteiger partial charge in [-0.15, -0.1) is 0 Å². The molecule has 0 saturated heterocycles. The third-order valence-corrected chi connectivity index (χ3v) is 0.549. The summed E-state index contributed by atoms with van der Waals surface area (Å²) in [7, 11) is 0. The number of aliphatic hydroxyl groups is 1. The minimum atomic E-state index is -0.853. The van der Waals surface area contributed by atoms with Crippen molar-refractivity contribution in [3.8, 4) is 0 Å². The Kier molecular flexibility index (Phi) is 20.2. The van der Waals surface area contributed by atoms with Crippen LogP contribution in [0.25, 0.3) is 0 Å². The smallest absolute Gasteiger partial charge is 1.00 e. The number of carboxylic acids is 1. The van der Waals surface area contributed by atoms with Crippen LogP contribution < -0.4 is 35.7 Å². The fraction of sp³-hybridized carbons (Fsp3) is 0.750. The van der Waals surface area contributed by atoms with E-state index in [1.165, 1.54) is 0 Å². The van der Waals surface area contributed by atoms with Crippen molar-refractivity contribution in [3.63, 3.8) is 0 Å². The quantitative estimate of drug-likeness (QED) is 0.372. The fourth-order valence-corrected chi connectivity index (χ4v) is 0.230. The number of hydrogen-bond donors (Lipinski definition) is 3. The first kappa shape index (κ1) is 16.2. The second-order valence-electron chi connectivity index (χ2n) is 1.22. The zero-order chi connectivity index (χ0) is 5.70. The standard InChI is InChI=1S/C4H8O3.H3N.Na.H/c5-3-1-2-4(6)7;;;/h5H,1-3H2,(H,6,7);1H3;;/q;;+1;-1. The van der Waals surface area contributed by atoms with Gasteiger partial charge in [0.2, 0.25) is 0 Å². The molecule has 0 aliphatic rings. The maximum absolute atomic E-state index is 9.65. The maximum Gasteiger partial charge on any atom is 1.00 e. The molecule has 0 heterocycles. The summed E-state index contributed by atoms with van der Waals surface area (Å²) in [5.74, 6) is -0.853. The van der Waals surface area contributed by atoms with Gasteiger partial charge >= 0.3 is 35.5 Å². The molecule has 0 aliphatic heterocycles. The molecule has 0 radical (unpaired) electrons. The third kappa shape index (κ3) is 17.8. The molecule has 4 nitrogen and oxygen atoms in total. The van der Waals surface area contributed by atoms with Crippen LogP contribution in [0, 0.1) is 0 Å². The van der Waals surface area contributed by atoms with E-state index >= 15 is 0 Å². The van der Waals surface area contributed by atoms with E-state index in [0.717, 1.165) is 0 Å². The predicted octanol–water partition coefficient (Wildman–Crippen LogP) is -2.88. The molecular weight excluding hydrogens is 133 g/mol. The number of carboxylic acid groups (broad SMARTS) is 1. The molecule has 0 rings (SSSR count). The van der Waals surface area contributed by atoms with Crippen molar-refractivity contribution in [2.45, 2.75) is 12.8 Å². The Bertz CT molecular complexity index is 73.5. The molecule has 9 heavy (non-hydrogen) atoms. The average molecular weight is 145 g/mol. The van der Waals surface area contributed by atoms with Crippen LogP contribution in [0.4, 0.5) is 0 Å². The first-order valence-electron chi connectivity index (χ1n) is 2.10. The second kappa shape index (κ2) is 11.2. The summed E-state index contributed by atoms with van der Waals surface area (Å²) in [6.07, 6.45) is 0.422. The number of aliphatic hydroxyl groups excluding tert-OH is 1. The molecule has 0 aliphatic carbocycles. The van der Waals surface area contributed by atoms with Gasteiger partial charge in [-0.1, -0.05) is 0 Å². The monoisotopic (exact) mass is 145 g/mol. The Morgan fingerprint density at radius 1 is 1.56 bits per heavy atom. The van der Waals surface area contributed by atoms with Crippen molar-refractivity contribution in [1.29, 1.82) is 0 Å². The Balaban J connectivity index is -0.0000000600. The Labute approximate surface area is 77.6 Å². The van der Waals surface area contributed by atoms with Gasteiger partial charge in [-0.2, -0.15) is 0 Å². The van der Waals surface area contributed by atoms with Crippen LogP contribution in [0.1, 0.15) is 14.3 Å². The third-order valence-electron chi connectivity index (χ3n) is 0.549. The van der Waals surface area contributed by atoms with Crippen LogP contribution in [-0.2, 0) is 4.79 Å². The van der Waals surface area contributed by atoms with Crippen LogP contribution in [-0.4, -0.2) is 22.8 Å². The number of aliphatic carboxylic acids is 1.